The number of morpholine rings is 1. The van der Waals surface area contributed by atoms with E-state index in [0.717, 1.165) is 22.6 Å². The zero-order chi connectivity index (χ0) is 14.0. The number of hydrogen-bond donors (Lipinski definition) is 1. The molecule has 0 amide bonds. The van der Waals surface area contributed by atoms with Crippen molar-refractivity contribution in [3.05, 3.63) is 28.4 Å². The maximum atomic E-state index is 12.3. The van der Waals surface area contributed by atoms with E-state index >= 15 is 0 Å². The molecule has 2 rings (SSSR count). The van der Waals surface area contributed by atoms with Crippen LogP contribution in [0.4, 0.5) is 5.82 Å². The molecule has 0 spiro atoms. The summed E-state index contributed by atoms with van der Waals surface area (Å²) in [7, 11) is -3.81. The van der Waals surface area contributed by atoms with Gasteiger partial charge in [-0.2, -0.15) is 4.31 Å². The fourth-order valence-electron chi connectivity index (χ4n) is 1.67. The van der Waals surface area contributed by atoms with Crippen molar-refractivity contribution < 1.29 is 18.1 Å². The van der Waals surface area contributed by atoms with E-state index in [1.54, 1.807) is 0 Å². The molecule has 0 bridgehead atoms. The van der Waals surface area contributed by atoms with Crippen LogP contribution in [0.1, 0.15) is 0 Å². The molecule has 104 valence electrons. The van der Waals surface area contributed by atoms with Gasteiger partial charge >= 0.3 is 5.82 Å². The summed E-state index contributed by atoms with van der Waals surface area (Å²) in [4.78, 5) is 13.1. The van der Waals surface area contributed by atoms with E-state index in [1.165, 1.54) is 0 Å². The van der Waals surface area contributed by atoms with Gasteiger partial charge in [-0.3, -0.25) is 0 Å². The average Bonchev–Trinajstić information content (AvgIpc) is 2.39. The predicted octanol–water partition coefficient (Wildman–Crippen LogP) is -0.704. The Morgan fingerprint density at radius 1 is 1.53 bits per heavy atom. The van der Waals surface area contributed by atoms with Gasteiger partial charge in [0, 0.05) is 12.6 Å². The van der Waals surface area contributed by atoms with Crippen LogP contribution >= 0.6 is 0 Å². The molecular formula is C9H12N4O5S. The topological polar surface area (TPSA) is 129 Å². The van der Waals surface area contributed by atoms with E-state index in [1.807, 2.05) is 0 Å². The summed E-state index contributed by atoms with van der Waals surface area (Å²) in [6, 6.07) is 2.18. The quantitative estimate of drug-likeness (QED) is 0.574. The number of rotatable bonds is 3. The molecule has 1 fully saturated rings. The molecule has 9 nitrogen and oxygen atoms in total. The van der Waals surface area contributed by atoms with Crippen LogP contribution in [-0.4, -0.2) is 48.6 Å². The van der Waals surface area contributed by atoms with Gasteiger partial charge in [0.2, 0.25) is 10.0 Å². The van der Waals surface area contributed by atoms with Gasteiger partial charge in [-0.05, 0) is 16.0 Å². The maximum Gasteiger partial charge on any atom is 0.363 e. The first-order chi connectivity index (χ1) is 8.93. The Morgan fingerprint density at radius 2 is 2.26 bits per heavy atom. The van der Waals surface area contributed by atoms with Gasteiger partial charge in [-0.15, -0.1) is 0 Å². The van der Waals surface area contributed by atoms with Crippen molar-refractivity contribution in [1.82, 2.24) is 9.29 Å². The zero-order valence-electron chi connectivity index (χ0n) is 9.80. The van der Waals surface area contributed by atoms with Crippen molar-refractivity contribution in [2.45, 2.75) is 11.1 Å². The highest BCUT2D eigenvalue weighted by Gasteiger charge is 2.33. The lowest BCUT2D eigenvalue weighted by molar-refractivity contribution is -0.389. The smallest absolute Gasteiger partial charge is 0.363 e. The Morgan fingerprint density at radius 3 is 2.79 bits per heavy atom. The van der Waals surface area contributed by atoms with Crippen molar-refractivity contribution in [1.29, 1.82) is 0 Å². The highest BCUT2D eigenvalue weighted by atomic mass is 32.2. The number of nitrogens with zero attached hydrogens (tertiary/aromatic N) is 3. The second kappa shape index (κ2) is 5.17. The van der Waals surface area contributed by atoms with Gasteiger partial charge in [-0.1, -0.05) is 0 Å². The van der Waals surface area contributed by atoms with Gasteiger partial charge in [0.05, 0.1) is 19.4 Å². The first-order valence-electron chi connectivity index (χ1n) is 5.38. The Bertz CT molecular complexity index is 573. The van der Waals surface area contributed by atoms with Crippen molar-refractivity contribution in [2.75, 3.05) is 19.8 Å². The highest BCUT2D eigenvalue weighted by Crippen LogP contribution is 2.19. The molecule has 2 heterocycles. The lowest BCUT2D eigenvalue weighted by Gasteiger charge is -2.31. The molecule has 1 saturated heterocycles. The largest absolute Gasteiger partial charge is 0.377 e. The molecule has 1 aliphatic rings. The van der Waals surface area contributed by atoms with Crippen LogP contribution in [0.2, 0.25) is 0 Å². The summed E-state index contributed by atoms with van der Waals surface area (Å²) in [6.45, 7) is 0.507. The third-order valence-corrected chi connectivity index (χ3v) is 4.54. The molecule has 0 aromatic carbocycles. The van der Waals surface area contributed by atoms with Crippen LogP contribution in [0.5, 0.6) is 0 Å². The second-order valence-corrected chi connectivity index (χ2v) is 5.76. The van der Waals surface area contributed by atoms with E-state index in [0.29, 0.717) is 0 Å². The van der Waals surface area contributed by atoms with E-state index in [4.69, 9.17) is 10.5 Å². The molecule has 0 aliphatic carbocycles. The van der Waals surface area contributed by atoms with E-state index in [2.05, 4.69) is 4.98 Å². The van der Waals surface area contributed by atoms with Gasteiger partial charge in [0.25, 0.3) is 0 Å². The number of nitro groups is 1. The normalized spacial score (nSPS) is 21.2. The molecule has 10 heteroatoms. The second-order valence-electron chi connectivity index (χ2n) is 3.87. The van der Waals surface area contributed by atoms with Crippen LogP contribution in [0, 0.1) is 10.1 Å². The van der Waals surface area contributed by atoms with E-state index in [9.17, 15) is 18.5 Å². The van der Waals surface area contributed by atoms with Gasteiger partial charge in [0.15, 0.2) is 6.20 Å². The number of pyridine rings is 1. The Labute approximate surface area is 109 Å². The Balaban J connectivity index is 2.30. The molecule has 1 aromatic rings. The van der Waals surface area contributed by atoms with Crippen LogP contribution in [0.15, 0.2) is 23.2 Å². The van der Waals surface area contributed by atoms with Crippen LogP contribution in [-0.2, 0) is 14.8 Å². The minimum absolute atomic E-state index is 0.111. The molecule has 0 radical (unpaired) electrons. The molecule has 2 N–H and O–H groups in total. The van der Waals surface area contributed by atoms with Crippen LogP contribution < -0.4 is 5.73 Å². The van der Waals surface area contributed by atoms with Crippen LogP contribution in [0.3, 0.4) is 0 Å². The minimum atomic E-state index is -3.81. The highest BCUT2D eigenvalue weighted by molar-refractivity contribution is 7.89. The number of sulfonamides is 1. The summed E-state index contributed by atoms with van der Waals surface area (Å²) in [5, 5.41) is 10.5. The van der Waals surface area contributed by atoms with Crippen LogP contribution in [0.25, 0.3) is 0 Å². The lowest BCUT2D eigenvalue weighted by atomic mass is 10.4. The van der Waals surface area contributed by atoms with Crippen molar-refractivity contribution >= 4 is 15.8 Å². The van der Waals surface area contributed by atoms with Crippen molar-refractivity contribution in [3.8, 4) is 0 Å². The fraction of sp³-hybridized carbons (Fsp3) is 0.444. The standard InChI is InChI=1S/C9H12N4O5S/c10-8-6-18-4-3-12(8)19(16,17)7-1-2-9(11-5-7)13(14)15/h1-2,5,8H,3-4,6,10H2. The van der Waals surface area contributed by atoms with E-state index < -0.39 is 26.9 Å². The number of hydrogen-bond acceptors (Lipinski definition) is 7. The predicted molar refractivity (Wildman–Crippen MR) is 63.6 cm³/mol. The first kappa shape index (κ1) is 13.8. The zero-order valence-corrected chi connectivity index (χ0v) is 10.6. The summed E-state index contributed by atoms with van der Waals surface area (Å²) < 4.78 is 30.7. The molecule has 1 aliphatic heterocycles. The summed E-state index contributed by atoms with van der Waals surface area (Å²) in [5.74, 6) is -0.412. The Hall–Kier alpha value is -1.62. The third kappa shape index (κ3) is 2.71. The number of aromatic nitrogens is 1. The fourth-order valence-corrected chi connectivity index (χ4v) is 3.10. The summed E-state index contributed by atoms with van der Waals surface area (Å²) in [5.41, 5.74) is 5.67. The minimum Gasteiger partial charge on any atom is -0.377 e. The van der Waals surface area contributed by atoms with E-state index in [-0.39, 0.29) is 24.7 Å². The van der Waals surface area contributed by atoms with Crippen molar-refractivity contribution in [3.63, 3.8) is 0 Å². The molecule has 0 saturated carbocycles. The number of ether oxygens (including phenoxy) is 1. The monoisotopic (exact) mass is 288 g/mol. The maximum absolute atomic E-state index is 12.3. The van der Waals surface area contributed by atoms with Gasteiger partial charge < -0.3 is 20.6 Å². The molecule has 1 aromatic heterocycles. The molecular weight excluding hydrogens is 276 g/mol. The van der Waals surface area contributed by atoms with Gasteiger partial charge in [0.1, 0.15) is 4.90 Å². The third-order valence-electron chi connectivity index (χ3n) is 2.63. The van der Waals surface area contributed by atoms with Crippen molar-refractivity contribution in [2.24, 2.45) is 5.73 Å². The molecule has 1 atom stereocenters. The molecule has 1 unspecified atom stereocenters. The molecule has 19 heavy (non-hydrogen) atoms. The summed E-state index contributed by atoms with van der Waals surface area (Å²) >= 11 is 0. The Kier molecular flexibility index (Phi) is 3.75. The number of nitrogens with two attached hydrogens (primary N) is 1. The summed E-state index contributed by atoms with van der Waals surface area (Å²) in [6.07, 6.45) is 0.185. The first-order valence-corrected chi connectivity index (χ1v) is 6.82. The SMILES string of the molecule is NC1COCCN1S(=O)(=O)c1ccc([N+](=O)[O-])nc1. The average molecular weight is 288 g/mol. The lowest BCUT2D eigenvalue weighted by Crippen LogP contribution is -2.53. The van der Waals surface area contributed by atoms with Gasteiger partial charge in [-0.25, -0.2) is 8.42 Å².